The third-order valence-corrected chi connectivity index (χ3v) is 4.32. The summed E-state index contributed by atoms with van der Waals surface area (Å²) in [4.78, 5) is 32.4. The number of pyridine rings is 1. The van der Waals surface area contributed by atoms with Crippen LogP contribution in [-0.4, -0.2) is 52.8 Å². The maximum atomic E-state index is 13.8. The highest BCUT2D eigenvalue weighted by atomic mass is 19.1. The second-order valence-electron chi connectivity index (χ2n) is 6.04. The van der Waals surface area contributed by atoms with Crippen molar-refractivity contribution < 1.29 is 14.0 Å². The normalized spacial score (nSPS) is 14.9. The molecule has 1 aliphatic rings. The summed E-state index contributed by atoms with van der Waals surface area (Å²) in [5.41, 5.74) is 0.952. The topological polar surface area (TPSA) is 53.5 Å². The Hall–Kier alpha value is -2.76. The summed E-state index contributed by atoms with van der Waals surface area (Å²) in [6.45, 7) is 1.98. The molecule has 2 amide bonds. The zero-order valence-corrected chi connectivity index (χ0v) is 13.9. The number of amides is 2. The van der Waals surface area contributed by atoms with E-state index in [1.807, 2.05) is 6.07 Å². The molecule has 0 N–H and O–H groups in total. The van der Waals surface area contributed by atoms with Gasteiger partial charge in [0.1, 0.15) is 5.82 Å². The summed E-state index contributed by atoms with van der Waals surface area (Å²) in [6, 6.07) is 9.67. The van der Waals surface area contributed by atoms with Crippen LogP contribution < -0.4 is 0 Å². The Balaban J connectivity index is 1.61. The molecule has 6 heteroatoms. The van der Waals surface area contributed by atoms with Crippen molar-refractivity contribution in [3.63, 3.8) is 0 Å². The maximum absolute atomic E-state index is 13.8. The van der Waals surface area contributed by atoms with Gasteiger partial charge in [0.2, 0.25) is 5.91 Å². The lowest BCUT2D eigenvalue weighted by Crippen LogP contribution is -2.38. The molecule has 0 radical (unpaired) electrons. The summed E-state index contributed by atoms with van der Waals surface area (Å²) < 4.78 is 13.8. The fourth-order valence-electron chi connectivity index (χ4n) is 2.96. The van der Waals surface area contributed by atoms with Crippen LogP contribution in [0.2, 0.25) is 0 Å². The molecule has 0 bridgehead atoms. The van der Waals surface area contributed by atoms with Gasteiger partial charge in [-0.2, -0.15) is 0 Å². The summed E-state index contributed by atoms with van der Waals surface area (Å²) in [6.07, 6.45) is 4.34. The molecule has 0 spiro atoms. The van der Waals surface area contributed by atoms with E-state index >= 15 is 0 Å². The van der Waals surface area contributed by atoms with Crippen molar-refractivity contribution in [2.24, 2.45) is 0 Å². The van der Waals surface area contributed by atoms with Gasteiger partial charge in [-0.05, 0) is 30.2 Å². The SMILES string of the molecule is O=C(Cc1cccnc1)N1CCCN(C(=O)c2ccccc2F)CC1. The smallest absolute Gasteiger partial charge is 0.256 e. The van der Waals surface area contributed by atoms with Gasteiger partial charge in [0.15, 0.2) is 0 Å². The van der Waals surface area contributed by atoms with Crippen molar-refractivity contribution in [3.05, 3.63) is 65.7 Å². The van der Waals surface area contributed by atoms with Gasteiger partial charge < -0.3 is 9.80 Å². The third-order valence-electron chi connectivity index (χ3n) is 4.32. The molecular formula is C19H20FN3O2. The Bertz CT molecular complexity index is 751. The van der Waals surface area contributed by atoms with Crippen molar-refractivity contribution >= 4 is 11.8 Å². The summed E-state index contributed by atoms with van der Waals surface area (Å²) >= 11 is 0. The fourth-order valence-corrected chi connectivity index (χ4v) is 2.96. The number of hydrogen-bond donors (Lipinski definition) is 0. The molecule has 25 heavy (non-hydrogen) atoms. The van der Waals surface area contributed by atoms with Gasteiger partial charge in [-0.15, -0.1) is 0 Å². The Morgan fingerprint density at radius 3 is 2.52 bits per heavy atom. The molecule has 0 atom stereocenters. The molecule has 1 aliphatic heterocycles. The summed E-state index contributed by atoms with van der Waals surface area (Å²) in [5, 5.41) is 0. The third kappa shape index (κ3) is 4.21. The number of benzene rings is 1. The predicted octanol–water partition coefficient (Wildman–Crippen LogP) is 2.14. The van der Waals surface area contributed by atoms with E-state index in [1.165, 1.54) is 12.1 Å². The minimum atomic E-state index is -0.513. The van der Waals surface area contributed by atoms with Crippen molar-refractivity contribution in [2.75, 3.05) is 26.2 Å². The van der Waals surface area contributed by atoms with Crippen LogP contribution in [0.3, 0.4) is 0 Å². The van der Waals surface area contributed by atoms with E-state index in [2.05, 4.69) is 4.98 Å². The van der Waals surface area contributed by atoms with E-state index in [1.54, 1.807) is 40.4 Å². The molecule has 2 heterocycles. The largest absolute Gasteiger partial charge is 0.341 e. The molecule has 1 fully saturated rings. The van der Waals surface area contributed by atoms with Gasteiger partial charge >= 0.3 is 0 Å². The van der Waals surface area contributed by atoms with E-state index in [0.717, 1.165) is 5.56 Å². The zero-order chi connectivity index (χ0) is 17.6. The van der Waals surface area contributed by atoms with Gasteiger partial charge in [0, 0.05) is 38.6 Å². The van der Waals surface area contributed by atoms with Gasteiger partial charge in [0.25, 0.3) is 5.91 Å². The number of rotatable bonds is 3. The summed E-state index contributed by atoms with van der Waals surface area (Å²) in [5.74, 6) is -0.811. The number of halogens is 1. The first-order chi connectivity index (χ1) is 12.1. The molecule has 3 rings (SSSR count). The molecule has 1 aromatic carbocycles. The van der Waals surface area contributed by atoms with Crippen LogP contribution in [0, 0.1) is 5.82 Å². The van der Waals surface area contributed by atoms with Crippen molar-refractivity contribution in [1.29, 1.82) is 0 Å². The van der Waals surface area contributed by atoms with Crippen LogP contribution in [-0.2, 0) is 11.2 Å². The maximum Gasteiger partial charge on any atom is 0.256 e. The van der Waals surface area contributed by atoms with E-state index < -0.39 is 5.82 Å². The average Bonchev–Trinajstić information content (AvgIpc) is 2.89. The highest BCUT2D eigenvalue weighted by Crippen LogP contribution is 2.13. The van der Waals surface area contributed by atoms with Crippen LogP contribution in [0.4, 0.5) is 4.39 Å². The van der Waals surface area contributed by atoms with Crippen LogP contribution in [0.25, 0.3) is 0 Å². The first-order valence-corrected chi connectivity index (χ1v) is 8.35. The van der Waals surface area contributed by atoms with Gasteiger partial charge in [-0.1, -0.05) is 18.2 Å². The van der Waals surface area contributed by atoms with Crippen molar-refractivity contribution in [1.82, 2.24) is 14.8 Å². The van der Waals surface area contributed by atoms with E-state index in [0.29, 0.717) is 39.0 Å². The number of nitrogens with zero attached hydrogens (tertiary/aromatic N) is 3. The van der Waals surface area contributed by atoms with Crippen LogP contribution >= 0.6 is 0 Å². The molecule has 0 unspecified atom stereocenters. The van der Waals surface area contributed by atoms with Crippen LogP contribution in [0.15, 0.2) is 48.8 Å². The lowest BCUT2D eigenvalue weighted by Gasteiger charge is -2.22. The quantitative estimate of drug-likeness (QED) is 0.859. The van der Waals surface area contributed by atoms with E-state index in [4.69, 9.17) is 0 Å². The summed E-state index contributed by atoms with van der Waals surface area (Å²) in [7, 11) is 0. The average molecular weight is 341 g/mol. The molecule has 5 nitrogen and oxygen atoms in total. The molecule has 0 saturated carbocycles. The lowest BCUT2D eigenvalue weighted by atomic mass is 10.2. The van der Waals surface area contributed by atoms with Crippen LogP contribution in [0.1, 0.15) is 22.3 Å². The Morgan fingerprint density at radius 2 is 1.76 bits per heavy atom. The van der Waals surface area contributed by atoms with E-state index in [9.17, 15) is 14.0 Å². The minimum absolute atomic E-state index is 0.0215. The van der Waals surface area contributed by atoms with Crippen LogP contribution in [0.5, 0.6) is 0 Å². The first kappa shape index (κ1) is 17.1. The van der Waals surface area contributed by atoms with Crippen molar-refractivity contribution in [3.8, 4) is 0 Å². The predicted molar refractivity (Wildman–Crippen MR) is 91.4 cm³/mol. The Labute approximate surface area is 146 Å². The lowest BCUT2D eigenvalue weighted by molar-refractivity contribution is -0.130. The fraction of sp³-hybridized carbons (Fsp3) is 0.316. The van der Waals surface area contributed by atoms with Crippen molar-refractivity contribution in [2.45, 2.75) is 12.8 Å². The number of carbonyl (C=O) groups is 2. The number of aromatic nitrogens is 1. The second-order valence-corrected chi connectivity index (χ2v) is 6.04. The second kappa shape index (κ2) is 7.88. The zero-order valence-electron chi connectivity index (χ0n) is 13.9. The monoisotopic (exact) mass is 341 g/mol. The van der Waals surface area contributed by atoms with Gasteiger partial charge in [0.05, 0.1) is 12.0 Å². The Morgan fingerprint density at radius 1 is 1.00 bits per heavy atom. The first-order valence-electron chi connectivity index (χ1n) is 8.35. The molecule has 0 aliphatic carbocycles. The molecule has 1 aromatic heterocycles. The van der Waals surface area contributed by atoms with Gasteiger partial charge in [-0.3, -0.25) is 14.6 Å². The standard InChI is InChI=1S/C19H20FN3O2/c20-17-7-2-1-6-16(17)19(25)23-10-4-9-22(11-12-23)18(24)13-15-5-3-8-21-14-15/h1-3,5-8,14H,4,9-13H2. The molecule has 2 aromatic rings. The molecule has 130 valence electrons. The number of carbonyl (C=O) groups excluding carboxylic acids is 2. The number of hydrogen-bond acceptors (Lipinski definition) is 3. The highest BCUT2D eigenvalue weighted by molar-refractivity contribution is 5.94. The minimum Gasteiger partial charge on any atom is -0.341 e. The molecular weight excluding hydrogens is 321 g/mol. The Kier molecular flexibility index (Phi) is 5.38. The van der Waals surface area contributed by atoms with E-state index in [-0.39, 0.29) is 17.4 Å². The highest BCUT2D eigenvalue weighted by Gasteiger charge is 2.24. The molecule has 1 saturated heterocycles. The van der Waals surface area contributed by atoms with Gasteiger partial charge in [-0.25, -0.2) is 4.39 Å².